The molecule has 3 atom stereocenters. The number of likely N-dealkylation sites (N-methyl/N-ethyl adjacent to an activating group) is 1. The van der Waals surface area contributed by atoms with E-state index < -0.39 is 26.6 Å². The SMILES string of the molecule is CC/C=C\C/C=C\C/C=C\C/C=C\C/C=C\C/C=C\CCCCCCCCCCCCCCCCCCC(=O)NC(COP(=O)([O-])OCC[N+](C)(C)C)C(O)/C=C/CC/C=C/CC/C=C/CCCCCCCCCCCCCCCC. The van der Waals surface area contributed by atoms with Gasteiger partial charge in [0, 0.05) is 6.42 Å². The Morgan fingerprint density at radius 3 is 1.15 bits per heavy atom. The maximum atomic E-state index is 13.0. The van der Waals surface area contributed by atoms with E-state index in [1.165, 1.54) is 186 Å². The molecule has 1 amide bonds. The third kappa shape index (κ3) is 64.6. The van der Waals surface area contributed by atoms with E-state index in [1.54, 1.807) is 6.08 Å². The van der Waals surface area contributed by atoms with Crippen molar-refractivity contribution in [3.8, 4) is 0 Å². The van der Waals surface area contributed by atoms with E-state index in [1.807, 2.05) is 27.2 Å². The average Bonchev–Trinajstić information content (AvgIpc) is 3.43. The summed E-state index contributed by atoms with van der Waals surface area (Å²) in [6.07, 6.45) is 90.6. The summed E-state index contributed by atoms with van der Waals surface area (Å²) in [6.45, 7) is 4.53. The molecule has 0 radical (unpaired) electrons. The highest BCUT2D eigenvalue weighted by Crippen LogP contribution is 2.38. The molecule has 0 aromatic heterocycles. The number of quaternary nitrogens is 1. The third-order valence-corrected chi connectivity index (χ3v) is 15.7. The van der Waals surface area contributed by atoms with Crippen molar-refractivity contribution in [1.29, 1.82) is 0 Å². The van der Waals surface area contributed by atoms with Crippen molar-refractivity contribution < 1.29 is 32.9 Å². The van der Waals surface area contributed by atoms with Gasteiger partial charge in [-0.3, -0.25) is 9.36 Å². The first kappa shape index (κ1) is 78.2. The lowest BCUT2D eigenvalue weighted by atomic mass is 10.0. The monoisotopic (exact) mass is 1150 g/mol. The van der Waals surface area contributed by atoms with E-state index in [4.69, 9.17) is 9.05 Å². The Balaban J connectivity index is 4.14. The maximum absolute atomic E-state index is 13.0. The molecule has 81 heavy (non-hydrogen) atoms. The number of amides is 1. The topological polar surface area (TPSA) is 108 Å². The van der Waals surface area contributed by atoms with E-state index in [0.29, 0.717) is 17.4 Å². The van der Waals surface area contributed by atoms with Gasteiger partial charge in [-0.1, -0.05) is 297 Å². The highest BCUT2D eigenvalue weighted by atomic mass is 31.2. The molecule has 0 aromatic carbocycles. The van der Waals surface area contributed by atoms with Crippen LogP contribution in [0.15, 0.2) is 109 Å². The number of nitrogens with one attached hydrogen (secondary N) is 1. The van der Waals surface area contributed by atoms with Gasteiger partial charge >= 0.3 is 0 Å². The van der Waals surface area contributed by atoms with Gasteiger partial charge < -0.3 is 28.8 Å². The van der Waals surface area contributed by atoms with Crippen LogP contribution in [0.4, 0.5) is 0 Å². The van der Waals surface area contributed by atoms with Crippen LogP contribution in [0, 0.1) is 0 Å². The minimum Gasteiger partial charge on any atom is -0.756 e. The lowest BCUT2D eigenvalue weighted by molar-refractivity contribution is -0.870. The fourth-order valence-electron chi connectivity index (χ4n) is 9.48. The van der Waals surface area contributed by atoms with Gasteiger partial charge in [-0.15, -0.1) is 0 Å². The smallest absolute Gasteiger partial charge is 0.268 e. The zero-order valence-electron chi connectivity index (χ0n) is 53.5. The number of aliphatic hydroxyl groups is 1. The fourth-order valence-corrected chi connectivity index (χ4v) is 10.2. The predicted molar refractivity (Wildman–Crippen MR) is 352 cm³/mol. The van der Waals surface area contributed by atoms with Crippen LogP contribution < -0.4 is 10.2 Å². The van der Waals surface area contributed by atoms with Crippen LogP contribution in [0.25, 0.3) is 0 Å². The molecule has 0 bridgehead atoms. The second-order valence-electron chi connectivity index (χ2n) is 23.8. The number of unbranched alkanes of at least 4 members (excludes halogenated alkanes) is 32. The number of hydrogen-bond donors (Lipinski definition) is 2. The summed E-state index contributed by atoms with van der Waals surface area (Å²) in [5.41, 5.74) is 0. The average molecular weight is 1150 g/mol. The number of phosphoric acid groups is 1. The first-order chi connectivity index (χ1) is 39.5. The summed E-state index contributed by atoms with van der Waals surface area (Å²) in [4.78, 5) is 25.6. The lowest BCUT2D eigenvalue weighted by Gasteiger charge is -2.29. The maximum Gasteiger partial charge on any atom is 0.268 e. The number of phosphoric ester groups is 1. The largest absolute Gasteiger partial charge is 0.756 e. The molecule has 0 aromatic rings. The second kappa shape index (κ2) is 61.7. The molecule has 0 fully saturated rings. The first-order valence-electron chi connectivity index (χ1n) is 33.7. The lowest BCUT2D eigenvalue weighted by Crippen LogP contribution is -2.45. The van der Waals surface area contributed by atoms with Crippen LogP contribution in [0.3, 0.4) is 0 Å². The van der Waals surface area contributed by atoms with Gasteiger partial charge in [0.1, 0.15) is 13.2 Å². The molecule has 0 rings (SSSR count). The van der Waals surface area contributed by atoms with E-state index in [9.17, 15) is 19.4 Å². The molecule has 0 heterocycles. The minimum absolute atomic E-state index is 0.0123. The molecule has 0 aliphatic carbocycles. The summed E-state index contributed by atoms with van der Waals surface area (Å²) < 4.78 is 23.4. The van der Waals surface area contributed by atoms with Crippen molar-refractivity contribution in [3.63, 3.8) is 0 Å². The predicted octanol–water partition coefficient (Wildman–Crippen LogP) is 20.9. The van der Waals surface area contributed by atoms with Crippen LogP contribution in [-0.2, 0) is 18.4 Å². The normalized spacial score (nSPS) is 14.4. The molecule has 0 saturated carbocycles. The van der Waals surface area contributed by atoms with Crippen molar-refractivity contribution in [3.05, 3.63) is 109 Å². The fraction of sp³-hybridized carbons (Fsp3) is 0.736. The summed E-state index contributed by atoms with van der Waals surface area (Å²) in [5.74, 6) is -0.212. The summed E-state index contributed by atoms with van der Waals surface area (Å²) in [6, 6.07) is -0.917. The standard InChI is InChI=1S/C72H129N2O6P/c1-6-8-10-12-14-16-18-20-22-24-26-28-30-32-33-34-35-36-37-38-39-40-41-42-44-46-48-50-52-54-56-58-60-62-64-66-72(76)73-70(69-80-81(77,78)79-68-67-74(3,4)5)71(75)65-63-61-59-57-55-53-51-49-47-45-43-31-29-27-25-23-21-19-17-15-13-11-9-7-2/h8,10,14,16,20,22,26,28,32-33,35-36,47,49,55,57,63,65,70-71,75H,6-7,9,11-13,15,17-19,21,23-25,27,29-31,34,37-46,48,50-54,56,58-62,64,66-69H2,1-5H3,(H-,73,76,77,78)/b10-8-,16-14-,22-20-,28-26-,33-32-,36-35-,49-47+,57-55+,65-63+. The molecule has 9 heteroatoms. The minimum atomic E-state index is -4.62. The summed E-state index contributed by atoms with van der Waals surface area (Å²) in [7, 11) is 1.23. The van der Waals surface area contributed by atoms with Gasteiger partial charge in [-0.05, 0) is 96.3 Å². The first-order valence-corrected chi connectivity index (χ1v) is 35.2. The van der Waals surface area contributed by atoms with E-state index in [2.05, 4.69) is 116 Å². The Kier molecular flexibility index (Phi) is 59.5. The quantitative estimate of drug-likeness (QED) is 0.0272. The Labute approximate surface area is 501 Å². The van der Waals surface area contributed by atoms with E-state index in [-0.39, 0.29) is 12.5 Å². The molecule has 0 aliphatic heterocycles. The zero-order chi connectivity index (χ0) is 59.1. The van der Waals surface area contributed by atoms with Crippen molar-refractivity contribution >= 4 is 13.7 Å². The Hall–Kier alpha value is -2.84. The van der Waals surface area contributed by atoms with Crippen LogP contribution >= 0.6 is 7.82 Å². The molecule has 0 spiro atoms. The van der Waals surface area contributed by atoms with Crippen LogP contribution in [0.5, 0.6) is 0 Å². The number of nitrogens with zero attached hydrogens (tertiary/aromatic N) is 1. The number of carbonyl (C=O) groups excluding carboxylic acids is 1. The van der Waals surface area contributed by atoms with Crippen molar-refractivity contribution in [2.45, 2.75) is 302 Å². The molecular formula is C72H129N2O6P. The van der Waals surface area contributed by atoms with Crippen LogP contribution in [0.1, 0.15) is 290 Å². The van der Waals surface area contributed by atoms with Gasteiger partial charge in [-0.2, -0.15) is 0 Å². The Morgan fingerprint density at radius 1 is 0.444 bits per heavy atom. The van der Waals surface area contributed by atoms with Crippen molar-refractivity contribution in [2.75, 3.05) is 40.9 Å². The molecule has 3 unspecified atom stereocenters. The molecule has 0 aliphatic rings. The van der Waals surface area contributed by atoms with Gasteiger partial charge in [0.2, 0.25) is 5.91 Å². The van der Waals surface area contributed by atoms with Crippen molar-refractivity contribution in [2.24, 2.45) is 0 Å². The highest BCUT2D eigenvalue weighted by Gasteiger charge is 2.23. The van der Waals surface area contributed by atoms with E-state index >= 15 is 0 Å². The molecular weight excluding hydrogens is 1020 g/mol. The van der Waals surface area contributed by atoms with Gasteiger partial charge in [0.15, 0.2) is 0 Å². The zero-order valence-corrected chi connectivity index (χ0v) is 54.4. The highest BCUT2D eigenvalue weighted by molar-refractivity contribution is 7.45. The Morgan fingerprint density at radius 2 is 0.765 bits per heavy atom. The molecule has 8 nitrogen and oxygen atoms in total. The summed E-state index contributed by atoms with van der Waals surface area (Å²) in [5, 5.41) is 13.9. The second-order valence-corrected chi connectivity index (χ2v) is 25.2. The molecule has 468 valence electrons. The molecule has 0 saturated heterocycles. The van der Waals surface area contributed by atoms with Gasteiger partial charge in [0.05, 0.1) is 39.9 Å². The third-order valence-electron chi connectivity index (χ3n) is 14.7. The van der Waals surface area contributed by atoms with Gasteiger partial charge in [-0.25, -0.2) is 0 Å². The van der Waals surface area contributed by atoms with E-state index in [0.717, 1.165) is 83.5 Å². The molecule has 2 N–H and O–H groups in total. The van der Waals surface area contributed by atoms with Crippen LogP contribution in [-0.4, -0.2) is 68.5 Å². The Bertz CT molecular complexity index is 1690. The number of allylic oxidation sites excluding steroid dienone is 17. The number of carbonyl (C=O) groups is 1. The van der Waals surface area contributed by atoms with Gasteiger partial charge in [0.25, 0.3) is 7.82 Å². The number of hydrogen-bond acceptors (Lipinski definition) is 6. The van der Waals surface area contributed by atoms with Crippen LogP contribution in [0.2, 0.25) is 0 Å². The summed E-state index contributed by atoms with van der Waals surface area (Å²) >= 11 is 0. The number of rotatable bonds is 61. The van der Waals surface area contributed by atoms with Crippen molar-refractivity contribution in [1.82, 2.24) is 5.32 Å². The number of aliphatic hydroxyl groups excluding tert-OH is 1.